The van der Waals surface area contributed by atoms with Crippen LogP contribution in [-0.4, -0.2) is 18.6 Å². The molecule has 2 nitrogen and oxygen atoms in total. The lowest BCUT2D eigenvalue weighted by Crippen LogP contribution is -1.99. The van der Waals surface area contributed by atoms with Crippen LogP contribution in [-0.2, 0) is 16.0 Å². The molecule has 0 saturated carbocycles. The molecule has 87 valence electrons. The summed E-state index contributed by atoms with van der Waals surface area (Å²) in [6.45, 7) is 1.45. The Kier molecular flexibility index (Phi) is 4.67. The zero-order chi connectivity index (χ0) is 12.0. The van der Waals surface area contributed by atoms with Gasteiger partial charge >= 0.3 is 12.0 Å². The number of thioether (sulfide) groups is 1. The SMILES string of the molecule is O=[C]OCCc1ccc(SC(F)(F)F)cc1. The van der Waals surface area contributed by atoms with Gasteiger partial charge in [0.15, 0.2) is 0 Å². The van der Waals surface area contributed by atoms with Crippen LogP contribution in [0.4, 0.5) is 13.2 Å². The number of halogens is 3. The zero-order valence-electron chi connectivity index (χ0n) is 8.08. The molecule has 1 aromatic carbocycles. The normalized spacial score (nSPS) is 11.2. The van der Waals surface area contributed by atoms with Crippen molar-refractivity contribution >= 4 is 18.2 Å². The van der Waals surface area contributed by atoms with E-state index >= 15 is 0 Å². The maximum atomic E-state index is 12.0. The quantitative estimate of drug-likeness (QED) is 0.593. The van der Waals surface area contributed by atoms with Crippen molar-refractivity contribution in [3.05, 3.63) is 29.8 Å². The third kappa shape index (κ3) is 5.06. The van der Waals surface area contributed by atoms with Gasteiger partial charge in [-0.05, 0) is 29.5 Å². The van der Waals surface area contributed by atoms with Gasteiger partial charge in [0.2, 0.25) is 0 Å². The van der Waals surface area contributed by atoms with Crippen LogP contribution in [0.5, 0.6) is 0 Å². The largest absolute Gasteiger partial charge is 0.457 e. The van der Waals surface area contributed by atoms with Crippen molar-refractivity contribution in [2.45, 2.75) is 16.8 Å². The smallest absolute Gasteiger partial charge is 0.446 e. The topological polar surface area (TPSA) is 26.3 Å². The van der Waals surface area contributed by atoms with E-state index in [1.807, 2.05) is 0 Å². The zero-order valence-corrected chi connectivity index (χ0v) is 8.90. The summed E-state index contributed by atoms with van der Waals surface area (Å²) in [6.07, 6.45) is 0.464. The van der Waals surface area contributed by atoms with Crippen LogP contribution < -0.4 is 0 Å². The lowest BCUT2D eigenvalue weighted by molar-refractivity contribution is -0.0328. The molecule has 0 aliphatic heterocycles. The van der Waals surface area contributed by atoms with E-state index in [0.29, 0.717) is 6.42 Å². The van der Waals surface area contributed by atoms with Gasteiger partial charge in [-0.3, -0.25) is 0 Å². The lowest BCUT2D eigenvalue weighted by Gasteiger charge is -2.06. The fourth-order valence-electron chi connectivity index (χ4n) is 1.07. The van der Waals surface area contributed by atoms with Crippen molar-refractivity contribution in [3.8, 4) is 0 Å². The summed E-state index contributed by atoms with van der Waals surface area (Å²) in [7, 11) is 0. The maximum Gasteiger partial charge on any atom is 0.446 e. The molecule has 1 aromatic rings. The molecular weight excluding hydrogens is 241 g/mol. The molecule has 0 heterocycles. The standard InChI is InChI=1S/C10H8F3O2S/c11-10(12,13)16-9-3-1-8(2-4-9)5-6-15-7-14/h1-4H,5-6H2. The summed E-state index contributed by atoms with van der Waals surface area (Å²) in [4.78, 5) is 9.87. The van der Waals surface area contributed by atoms with Gasteiger partial charge in [0.05, 0.1) is 6.61 Å². The van der Waals surface area contributed by atoms with Gasteiger partial charge in [-0.25, -0.2) is 4.79 Å². The Labute approximate surface area is 94.8 Å². The Morgan fingerprint density at radius 1 is 1.25 bits per heavy atom. The van der Waals surface area contributed by atoms with Gasteiger partial charge in [0, 0.05) is 11.3 Å². The number of hydrogen-bond acceptors (Lipinski definition) is 3. The molecule has 0 fully saturated rings. The summed E-state index contributed by atoms with van der Waals surface area (Å²) in [5.74, 6) is 0. The Bertz CT molecular complexity index is 335. The minimum absolute atomic E-state index is 0.138. The first-order valence-electron chi connectivity index (χ1n) is 4.35. The Balaban J connectivity index is 2.51. The van der Waals surface area contributed by atoms with E-state index < -0.39 is 5.51 Å². The summed E-state index contributed by atoms with van der Waals surface area (Å²) in [5, 5.41) is 0. The minimum Gasteiger partial charge on any atom is -0.457 e. The second-order valence-electron chi connectivity index (χ2n) is 2.87. The van der Waals surface area contributed by atoms with Crippen LogP contribution in [0.1, 0.15) is 5.56 Å². The fraction of sp³-hybridized carbons (Fsp3) is 0.300. The Hall–Kier alpha value is -1.17. The van der Waals surface area contributed by atoms with Crippen LogP contribution >= 0.6 is 11.8 Å². The third-order valence-electron chi connectivity index (χ3n) is 1.71. The van der Waals surface area contributed by atoms with Gasteiger partial charge in [-0.1, -0.05) is 12.1 Å². The van der Waals surface area contributed by atoms with Crippen LogP contribution in [0.25, 0.3) is 0 Å². The van der Waals surface area contributed by atoms with Crippen molar-refractivity contribution in [2.75, 3.05) is 6.61 Å². The molecule has 0 aliphatic rings. The van der Waals surface area contributed by atoms with Gasteiger partial charge in [0.25, 0.3) is 0 Å². The molecule has 0 amide bonds. The first-order chi connectivity index (χ1) is 7.51. The van der Waals surface area contributed by atoms with E-state index in [2.05, 4.69) is 4.74 Å². The number of carbonyl (C=O) groups excluding carboxylic acids is 1. The first kappa shape index (κ1) is 12.9. The van der Waals surface area contributed by atoms with Crippen LogP contribution in [0.3, 0.4) is 0 Å². The highest BCUT2D eigenvalue weighted by Gasteiger charge is 2.28. The maximum absolute atomic E-state index is 12.0. The van der Waals surface area contributed by atoms with Crippen molar-refractivity contribution < 1.29 is 22.7 Å². The average Bonchev–Trinajstić information content (AvgIpc) is 2.19. The van der Waals surface area contributed by atoms with E-state index in [1.165, 1.54) is 18.6 Å². The van der Waals surface area contributed by atoms with Gasteiger partial charge in [0.1, 0.15) is 0 Å². The van der Waals surface area contributed by atoms with Crippen molar-refractivity contribution in [1.82, 2.24) is 0 Å². The van der Waals surface area contributed by atoms with Gasteiger partial charge in [-0.15, -0.1) is 0 Å². The second kappa shape index (κ2) is 5.79. The highest BCUT2D eigenvalue weighted by molar-refractivity contribution is 8.00. The molecule has 0 spiro atoms. The molecule has 0 saturated heterocycles. The molecule has 6 heteroatoms. The van der Waals surface area contributed by atoms with Crippen molar-refractivity contribution in [2.24, 2.45) is 0 Å². The molecule has 0 N–H and O–H groups in total. The third-order valence-corrected chi connectivity index (χ3v) is 2.45. The van der Waals surface area contributed by atoms with Crippen LogP contribution in [0.15, 0.2) is 29.2 Å². The van der Waals surface area contributed by atoms with E-state index in [1.54, 1.807) is 12.1 Å². The summed E-state index contributed by atoms with van der Waals surface area (Å²) in [6, 6.07) is 5.92. The first-order valence-corrected chi connectivity index (χ1v) is 5.16. The summed E-state index contributed by atoms with van der Waals surface area (Å²) in [5.41, 5.74) is -3.46. The number of rotatable bonds is 5. The Morgan fingerprint density at radius 2 is 1.88 bits per heavy atom. The van der Waals surface area contributed by atoms with Gasteiger partial charge in [-0.2, -0.15) is 13.2 Å². The monoisotopic (exact) mass is 249 g/mol. The predicted octanol–water partition coefficient (Wildman–Crippen LogP) is 2.92. The van der Waals surface area contributed by atoms with Gasteiger partial charge < -0.3 is 4.74 Å². The van der Waals surface area contributed by atoms with Crippen molar-refractivity contribution in [1.29, 1.82) is 0 Å². The molecule has 0 unspecified atom stereocenters. The number of benzene rings is 1. The molecule has 0 aromatic heterocycles. The van der Waals surface area contributed by atoms with Crippen LogP contribution in [0.2, 0.25) is 0 Å². The average molecular weight is 249 g/mol. The summed E-state index contributed by atoms with van der Waals surface area (Å²) >= 11 is -0.156. The van der Waals surface area contributed by atoms with Crippen molar-refractivity contribution in [3.63, 3.8) is 0 Å². The van der Waals surface area contributed by atoms with Crippen LogP contribution in [0, 0.1) is 0 Å². The second-order valence-corrected chi connectivity index (χ2v) is 4.01. The van der Waals surface area contributed by atoms with E-state index in [4.69, 9.17) is 0 Å². The molecular formula is C10H8F3O2S. The molecule has 16 heavy (non-hydrogen) atoms. The van der Waals surface area contributed by atoms with E-state index in [-0.39, 0.29) is 23.3 Å². The molecule has 0 atom stereocenters. The van der Waals surface area contributed by atoms with E-state index in [0.717, 1.165) is 5.56 Å². The highest BCUT2D eigenvalue weighted by atomic mass is 32.2. The molecule has 1 radical (unpaired) electrons. The molecule has 0 aliphatic carbocycles. The molecule has 0 bridgehead atoms. The minimum atomic E-state index is -4.27. The lowest BCUT2D eigenvalue weighted by atomic mass is 10.2. The highest BCUT2D eigenvalue weighted by Crippen LogP contribution is 2.36. The summed E-state index contributed by atoms with van der Waals surface area (Å²) < 4.78 is 40.3. The van der Waals surface area contributed by atoms with E-state index in [9.17, 15) is 18.0 Å². The number of ether oxygens (including phenoxy) is 1. The number of alkyl halides is 3. The molecule has 1 rings (SSSR count). The Morgan fingerprint density at radius 3 is 2.38 bits per heavy atom. The fourth-order valence-corrected chi connectivity index (χ4v) is 1.61. The number of hydrogen-bond donors (Lipinski definition) is 0. The predicted molar refractivity (Wildman–Crippen MR) is 53.7 cm³/mol.